The highest BCUT2D eigenvalue weighted by Gasteiger charge is 2.21. The van der Waals surface area contributed by atoms with Crippen molar-refractivity contribution in [1.29, 1.82) is 0 Å². The number of nitro groups is 1. The molecule has 0 bridgehead atoms. The van der Waals surface area contributed by atoms with Crippen molar-refractivity contribution in [3.63, 3.8) is 0 Å². The number of benzene rings is 1. The van der Waals surface area contributed by atoms with Crippen molar-refractivity contribution in [3.05, 3.63) is 33.9 Å². The van der Waals surface area contributed by atoms with Crippen LogP contribution in [-0.4, -0.2) is 35.8 Å². The number of thioether (sulfide) groups is 1. The Morgan fingerprint density at radius 1 is 1.50 bits per heavy atom. The number of nitrogens with zero attached hydrogens (tertiary/aromatic N) is 1. The van der Waals surface area contributed by atoms with Crippen LogP contribution in [0.2, 0.25) is 0 Å². The predicted octanol–water partition coefficient (Wildman–Crippen LogP) is 3.64. The number of hydrogen-bond acceptors (Lipinski definition) is 5. The summed E-state index contributed by atoms with van der Waals surface area (Å²) < 4.78 is 5.34. The van der Waals surface area contributed by atoms with Gasteiger partial charge in [-0.2, -0.15) is 0 Å². The summed E-state index contributed by atoms with van der Waals surface area (Å²) in [5.41, 5.74) is 0.316. The highest BCUT2D eigenvalue weighted by molar-refractivity contribution is 7.99. The Morgan fingerprint density at radius 3 is 2.92 bits per heavy atom. The van der Waals surface area contributed by atoms with E-state index in [1.807, 2.05) is 0 Å². The van der Waals surface area contributed by atoms with E-state index in [1.54, 1.807) is 12.1 Å². The summed E-state index contributed by atoms with van der Waals surface area (Å²) >= 11 is 1.47. The van der Waals surface area contributed by atoms with Crippen LogP contribution >= 0.6 is 11.8 Å². The van der Waals surface area contributed by atoms with E-state index in [-0.39, 0.29) is 17.6 Å². The van der Waals surface area contributed by atoms with E-state index >= 15 is 0 Å². The van der Waals surface area contributed by atoms with Gasteiger partial charge in [0.15, 0.2) is 0 Å². The largest absolute Gasteiger partial charge is 0.379 e. The maximum absolute atomic E-state index is 12.3. The molecule has 1 aromatic rings. The number of amides is 1. The van der Waals surface area contributed by atoms with Crippen molar-refractivity contribution in [2.45, 2.75) is 44.0 Å². The van der Waals surface area contributed by atoms with Crippen LogP contribution in [-0.2, 0) is 4.74 Å². The SMILES string of the molecule is CC(C)CCSc1ccc(C(=O)NC2CCCOC2)cc1[N+](=O)[O-]. The van der Waals surface area contributed by atoms with Gasteiger partial charge in [0.1, 0.15) is 0 Å². The molecule has 0 radical (unpaired) electrons. The van der Waals surface area contributed by atoms with Gasteiger partial charge < -0.3 is 10.1 Å². The summed E-state index contributed by atoms with van der Waals surface area (Å²) in [7, 11) is 0. The van der Waals surface area contributed by atoms with Gasteiger partial charge in [-0.15, -0.1) is 11.8 Å². The van der Waals surface area contributed by atoms with E-state index in [1.165, 1.54) is 17.8 Å². The van der Waals surface area contributed by atoms with Crippen LogP contribution in [0.15, 0.2) is 23.1 Å². The lowest BCUT2D eigenvalue weighted by molar-refractivity contribution is -0.387. The normalized spacial score (nSPS) is 17.7. The summed E-state index contributed by atoms with van der Waals surface area (Å²) in [6.45, 7) is 5.46. The second-order valence-corrected chi connectivity index (χ2v) is 7.49. The molecular formula is C17H24N2O4S. The zero-order chi connectivity index (χ0) is 17.5. The van der Waals surface area contributed by atoms with Gasteiger partial charge in [0.25, 0.3) is 11.6 Å². The van der Waals surface area contributed by atoms with Crippen molar-refractivity contribution >= 4 is 23.4 Å². The van der Waals surface area contributed by atoms with Gasteiger partial charge in [-0.25, -0.2) is 0 Å². The molecule has 1 amide bonds. The highest BCUT2D eigenvalue weighted by atomic mass is 32.2. The summed E-state index contributed by atoms with van der Waals surface area (Å²) in [6.07, 6.45) is 2.78. The molecule has 1 unspecified atom stereocenters. The third-order valence-electron chi connectivity index (χ3n) is 3.87. The molecule has 1 aromatic carbocycles. The molecule has 0 aliphatic carbocycles. The van der Waals surface area contributed by atoms with Crippen LogP contribution in [0.1, 0.15) is 43.5 Å². The topological polar surface area (TPSA) is 81.5 Å². The van der Waals surface area contributed by atoms with Crippen molar-refractivity contribution in [3.8, 4) is 0 Å². The zero-order valence-electron chi connectivity index (χ0n) is 14.1. The maximum atomic E-state index is 12.3. The summed E-state index contributed by atoms with van der Waals surface area (Å²) in [5, 5.41) is 14.2. The lowest BCUT2D eigenvalue weighted by atomic mass is 10.1. The highest BCUT2D eigenvalue weighted by Crippen LogP contribution is 2.31. The molecule has 7 heteroatoms. The minimum atomic E-state index is -0.418. The fourth-order valence-corrected chi connectivity index (χ4v) is 3.71. The van der Waals surface area contributed by atoms with Gasteiger partial charge in [0, 0.05) is 18.2 Å². The minimum Gasteiger partial charge on any atom is -0.379 e. The Kier molecular flexibility index (Phi) is 7.05. The smallest absolute Gasteiger partial charge is 0.283 e. The zero-order valence-corrected chi connectivity index (χ0v) is 14.9. The molecule has 0 saturated carbocycles. The van der Waals surface area contributed by atoms with Crippen molar-refractivity contribution < 1.29 is 14.5 Å². The number of carbonyl (C=O) groups is 1. The molecule has 24 heavy (non-hydrogen) atoms. The van der Waals surface area contributed by atoms with Gasteiger partial charge >= 0.3 is 0 Å². The molecule has 1 saturated heterocycles. The van der Waals surface area contributed by atoms with E-state index in [4.69, 9.17) is 4.74 Å². The lowest BCUT2D eigenvalue weighted by Gasteiger charge is -2.23. The van der Waals surface area contributed by atoms with Gasteiger partial charge in [0.05, 0.1) is 22.5 Å². The van der Waals surface area contributed by atoms with E-state index < -0.39 is 4.92 Å². The number of nitro benzene ring substituents is 1. The first-order chi connectivity index (χ1) is 11.5. The van der Waals surface area contributed by atoms with E-state index in [0.717, 1.165) is 31.6 Å². The molecule has 132 valence electrons. The Bertz CT molecular complexity index is 586. The number of rotatable bonds is 7. The van der Waals surface area contributed by atoms with Gasteiger partial charge in [-0.05, 0) is 43.1 Å². The number of nitrogens with one attached hydrogen (secondary N) is 1. The standard InChI is InChI=1S/C17H24N2O4S/c1-12(2)7-9-24-16-6-5-13(10-15(16)19(21)22)17(20)18-14-4-3-8-23-11-14/h5-6,10,12,14H,3-4,7-9,11H2,1-2H3,(H,18,20). The number of ether oxygens (including phenoxy) is 1. The molecule has 0 spiro atoms. The number of carbonyl (C=O) groups excluding carboxylic acids is 1. The van der Waals surface area contributed by atoms with Gasteiger partial charge in [-0.1, -0.05) is 13.8 Å². The number of hydrogen-bond donors (Lipinski definition) is 1. The molecule has 1 aliphatic heterocycles. The first kappa shape index (κ1) is 18.7. The second-order valence-electron chi connectivity index (χ2n) is 6.36. The quantitative estimate of drug-likeness (QED) is 0.460. The van der Waals surface area contributed by atoms with Crippen molar-refractivity contribution in [2.75, 3.05) is 19.0 Å². The van der Waals surface area contributed by atoms with E-state index in [9.17, 15) is 14.9 Å². The minimum absolute atomic E-state index is 0.00343. The molecular weight excluding hydrogens is 328 g/mol. The fraction of sp³-hybridized carbons (Fsp3) is 0.588. The monoisotopic (exact) mass is 352 g/mol. The van der Waals surface area contributed by atoms with Crippen LogP contribution in [0.4, 0.5) is 5.69 Å². The summed E-state index contributed by atoms with van der Waals surface area (Å²) in [6, 6.07) is 4.68. The Balaban J connectivity index is 2.06. The molecule has 1 heterocycles. The van der Waals surface area contributed by atoms with Crippen LogP contribution in [0.5, 0.6) is 0 Å². The van der Waals surface area contributed by atoms with Crippen molar-refractivity contribution in [1.82, 2.24) is 5.32 Å². The van der Waals surface area contributed by atoms with Crippen LogP contribution in [0, 0.1) is 16.0 Å². The van der Waals surface area contributed by atoms with Crippen LogP contribution < -0.4 is 5.32 Å². The molecule has 1 fully saturated rings. The average molecular weight is 352 g/mol. The Morgan fingerprint density at radius 2 is 2.29 bits per heavy atom. The Hall–Kier alpha value is -1.60. The van der Waals surface area contributed by atoms with Gasteiger partial charge in [-0.3, -0.25) is 14.9 Å². The summed E-state index contributed by atoms with van der Waals surface area (Å²) in [5.74, 6) is 1.09. The molecule has 2 rings (SSSR count). The predicted molar refractivity (Wildman–Crippen MR) is 94.6 cm³/mol. The average Bonchev–Trinajstić information content (AvgIpc) is 2.55. The molecule has 0 aromatic heterocycles. The van der Waals surface area contributed by atoms with E-state index in [2.05, 4.69) is 19.2 Å². The lowest BCUT2D eigenvalue weighted by Crippen LogP contribution is -2.40. The maximum Gasteiger partial charge on any atom is 0.283 e. The second kappa shape index (κ2) is 9.03. The third kappa shape index (κ3) is 5.49. The Labute approximate surface area is 146 Å². The van der Waals surface area contributed by atoms with Crippen LogP contribution in [0.25, 0.3) is 0 Å². The van der Waals surface area contributed by atoms with E-state index in [0.29, 0.717) is 23.0 Å². The summed E-state index contributed by atoms with van der Waals surface area (Å²) in [4.78, 5) is 23.8. The first-order valence-electron chi connectivity index (χ1n) is 8.27. The molecule has 1 N–H and O–H groups in total. The molecule has 1 aliphatic rings. The first-order valence-corrected chi connectivity index (χ1v) is 9.25. The third-order valence-corrected chi connectivity index (χ3v) is 4.96. The van der Waals surface area contributed by atoms with Gasteiger partial charge in [0.2, 0.25) is 0 Å². The van der Waals surface area contributed by atoms with Crippen molar-refractivity contribution in [2.24, 2.45) is 5.92 Å². The molecule has 6 nitrogen and oxygen atoms in total. The fourth-order valence-electron chi connectivity index (χ4n) is 2.45. The van der Waals surface area contributed by atoms with Crippen LogP contribution in [0.3, 0.4) is 0 Å². The molecule has 1 atom stereocenters.